The first kappa shape index (κ1) is 15.9. The summed E-state index contributed by atoms with van der Waals surface area (Å²) < 4.78 is 0. The number of carbonyl (C=O) groups is 2. The summed E-state index contributed by atoms with van der Waals surface area (Å²) in [6.07, 6.45) is 0.508. The van der Waals surface area contributed by atoms with E-state index < -0.39 is 17.4 Å². The van der Waals surface area contributed by atoms with E-state index in [1.807, 2.05) is 20.8 Å². The summed E-state index contributed by atoms with van der Waals surface area (Å²) in [5, 5.41) is 11.7. The summed E-state index contributed by atoms with van der Waals surface area (Å²) in [5.41, 5.74) is 4.54. The number of rotatable bonds is 5. The van der Waals surface area contributed by atoms with Crippen molar-refractivity contribution in [2.45, 2.75) is 46.6 Å². The largest absolute Gasteiger partial charge is 0.481 e. The average molecular weight is 244 g/mol. The van der Waals surface area contributed by atoms with Crippen LogP contribution in [0.5, 0.6) is 0 Å². The van der Waals surface area contributed by atoms with Crippen LogP contribution in [0.1, 0.15) is 41.0 Å². The lowest BCUT2D eigenvalue weighted by Gasteiger charge is -2.25. The molecule has 5 nitrogen and oxygen atoms in total. The van der Waals surface area contributed by atoms with Crippen molar-refractivity contribution in [1.29, 1.82) is 0 Å². The summed E-state index contributed by atoms with van der Waals surface area (Å²) in [4.78, 5) is 22.6. The predicted octanol–water partition coefficient (Wildman–Crippen LogP) is 0.977. The molecule has 0 saturated heterocycles. The van der Waals surface area contributed by atoms with Gasteiger partial charge in [-0.3, -0.25) is 9.59 Å². The summed E-state index contributed by atoms with van der Waals surface area (Å²) in [5.74, 6) is -1.81. The zero-order valence-corrected chi connectivity index (χ0v) is 11.3. The molecule has 0 fully saturated rings. The number of hydrogen-bond acceptors (Lipinski definition) is 3. The van der Waals surface area contributed by atoms with Gasteiger partial charge >= 0.3 is 5.97 Å². The Morgan fingerprint density at radius 2 is 1.71 bits per heavy atom. The molecule has 0 aliphatic carbocycles. The van der Waals surface area contributed by atoms with Crippen molar-refractivity contribution in [3.05, 3.63) is 0 Å². The Labute approximate surface area is 103 Å². The SMILES string of the molecule is CC(C)(C)CC(CNC(=O)C(C)(C)N)C(=O)O. The minimum atomic E-state index is -0.981. The number of nitrogens with one attached hydrogen (secondary N) is 1. The molecule has 17 heavy (non-hydrogen) atoms. The third-order valence-corrected chi connectivity index (χ3v) is 2.30. The van der Waals surface area contributed by atoms with Gasteiger partial charge in [0.25, 0.3) is 0 Å². The monoisotopic (exact) mass is 244 g/mol. The number of amides is 1. The molecule has 0 saturated carbocycles. The minimum Gasteiger partial charge on any atom is -0.481 e. The third-order valence-electron chi connectivity index (χ3n) is 2.30. The van der Waals surface area contributed by atoms with Gasteiger partial charge < -0.3 is 16.2 Å². The Bertz CT molecular complexity index is 287. The standard InChI is InChI=1S/C12H24N2O3/c1-11(2,3)6-8(9(15)16)7-14-10(17)12(4,5)13/h8H,6-7,13H2,1-5H3,(H,14,17)(H,15,16). The molecule has 0 bridgehead atoms. The summed E-state index contributed by atoms with van der Waals surface area (Å²) in [6.45, 7) is 9.20. The van der Waals surface area contributed by atoms with Crippen LogP contribution < -0.4 is 11.1 Å². The van der Waals surface area contributed by atoms with E-state index >= 15 is 0 Å². The Kier molecular flexibility index (Phi) is 5.13. The molecule has 1 amide bonds. The van der Waals surface area contributed by atoms with Gasteiger partial charge in [-0.25, -0.2) is 0 Å². The Morgan fingerprint density at radius 1 is 1.24 bits per heavy atom. The van der Waals surface area contributed by atoms with Gasteiger partial charge in [0.15, 0.2) is 0 Å². The maximum absolute atomic E-state index is 11.5. The second-order valence-corrected chi connectivity index (χ2v) is 6.23. The fourth-order valence-corrected chi connectivity index (χ4v) is 1.43. The first-order valence-corrected chi connectivity index (χ1v) is 5.73. The quantitative estimate of drug-likeness (QED) is 0.672. The van der Waals surface area contributed by atoms with Crippen molar-refractivity contribution in [2.24, 2.45) is 17.1 Å². The van der Waals surface area contributed by atoms with Crippen LogP contribution in [0.4, 0.5) is 0 Å². The van der Waals surface area contributed by atoms with E-state index in [2.05, 4.69) is 5.32 Å². The van der Waals surface area contributed by atoms with Crippen molar-refractivity contribution in [1.82, 2.24) is 5.32 Å². The van der Waals surface area contributed by atoms with Gasteiger partial charge in [-0.1, -0.05) is 20.8 Å². The molecule has 1 unspecified atom stereocenters. The molecule has 0 aliphatic rings. The van der Waals surface area contributed by atoms with E-state index in [-0.39, 0.29) is 17.9 Å². The molecular weight excluding hydrogens is 220 g/mol. The fraction of sp³-hybridized carbons (Fsp3) is 0.833. The highest BCUT2D eigenvalue weighted by molar-refractivity contribution is 5.85. The highest BCUT2D eigenvalue weighted by atomic mass is 16.4. The van der Waals surface area contributed by atoms with Gasteiger partial charge in [0.2, 0.25) is 5.91 Å². The van der Waals surface area contributed by atoms with Crippen molar-refractivity contribution < 1.29 is 14.7 Å². The molecule has 1 atom stereocenters. The van der Waals surface area contributed by atoms with Gasteiger partial charge in [0, 0.05) is 6.54 Å². The van der Waals surface area contributed by atoms with Crippen LogP contribution in [0.15, 0.2) is 0 Å². The van der Waals surface area contributed by atoms with Crippen LogP contribution >= 0.6 is 0 Å². The number of carbonyl (C=O) groups excluding carboxylic acids is 1. The van der Waals surface area contributed by atoms with Crippen molar-refractivity contribution >= 4 is 11.9 Å². The second-order valence-electron chi connectivity index (χ2n) is 6.23. The molecular formula is C12H24N2O3. The molecule has 0 aromatic rings. The molecule has 0 spiro atoms. The molecule has 0 aromatic carbocycles. The first-order chi connectivity index (χ1) is 7.43. The van der Waals surface area contributed by atoms with E-state index in [0.717, 1.165) is 0 Å². The number of aliphatic carboxylic acids is 1. The maximum Gasteiger partial charge on any atom is 0.308 e. The Morgan fingerprint density at radius 3 is 2.00 bits per heavy atom. The topological polar surface area (TPSA) is 92.4 Å². The molecule has 0 radical (unpaired) electrons. The Hall–Kier alpha value is -1.10. The van der Waals surface area contributed by atoms with Gasteiger partial charge in [-0.05, 0) is 25.7 Å². The molecule has 5 heteroatoms. The summed E-state index contributed by atoms with van der Waals surface area (Å²) in [7, 11) is 0. The number of hydrogen-bond donors (Lipinski definition) is 3. The smallest absolute Gasteiger partial charge is 0.308 e. The first-order valence-electron chi connectivity index (χ1n) is 5.73. The maximum atomic E-state index is 11.5. The van der Waals surface area contributed by atoms with Crippen LogP contribution in [-0.2, 0) is 9.59 Å². The Balaban J connectivity index is 4.40. The highest BCUT2D eigenvalue weighted by Crippen LogP contribution is 2.24. The molecule has 0 aliphatic heterocycles. The molecule has 0 rings (SSSR count). The predicted molar refractivity (Wildman–Crippen MR) is 66.5 cm³/mol. The summed E-state index contributed by atoms with van der Waals surface area (Å²) in [6, 6.07) is 0. The number of carboxylic acids is 1. The second kappa shape index (κ2) is 5.49. The zero-order chi connectivity index (χ0) is 13.9. The van der Waals surface area contributed by atoms with Gasteiger partial charge in [-0.15, -0.1) is 0 Å². The minimum absolute atomic E-state index is 0.0913. The van der Waals surface area contributed by atoms with E-state index in [1.165, 1.54) is 0 Å². The van der Waals surface area contributed by atoms with Crippen LogP contribution in [0, 0.1) is 11.3 Å². The highest BCUT2D eigenvalue weighted by Gasteiger charge is 2.27. The molecule has 100 valence electrons. The van der Waals surface area contributed by atoms with Crippen LogP contribution in [-0.4, -0.2) is 29.1 Å². The van der Waals surface area contributed by atoms with E-state index in [4.69, 9.17) is 10.8 Å². The lowest BCUT2D eigenvalue weighted by atomic mass is 9.84. The molecule has 4 N–H and O–H groups in total. The lowest BCUT2D eigenvalue weighted by molar-refractivity contribution is -0.142. The van der Waals surface area contributed by atoms with E-state index in [9.17, 15) is 9.59 Å². The van der Waals surface area contributed by atoms with Crippen molar-refractivity contribution in [2.75, 3.05) is 6.54 Å². The number of nitrogens with two attached hydrogens (primary N) is 1. The van der Waals surface area contributed by atoms with Crippen LogP contribution in [0.25, 0.3) is 0 Å². The summed E-state index contributed by atoms with van der Waals surface area (Å²) >= 11 is 0. The van der Waals surface area contributed by atoms with Gasteiger partial charge in [-0.2, -0.15) is 0 Å². The van der Waals surface area contributed by atoms with Crippen molar-refractivity contribution in [3.8, 4) is 0 Å². The average Bonchev–Trinajstić information content (AvgIpc) is 2.07. The van der Waals surface area contributed by atoms with Gasteiger partial charge in [0.05, 0.1) is 11.5 Å². The van der Waals surface area contributed by atoms with Gasteiger partial charge in [0.1, 0.15) is 0 Å². The fourth-order valence-electron chi connectivity index (χ4n) is 1.43. The lowest BCUT2D eigenvalue weighted by Crippen LogP contribution is -2.50. The third kappa shape index (κ3) is 6.94. The normalized spacial score (nSPS) is 14.2. The van der Waals surface area contributed by atoms with Crippen molar-refractivity contribution in [3.63, 3.8) is 0 Å². The molecule has 0 aromatic heterocycles. The number of carboxylic acid groups (broad SMARTS) is 1. The van der Waals surface area contributed by atoms with Crippen LogP contribution in [0.2, 0.25) is 0 Å². The van der Waals surface area contributed by atoms with E-state index in [1.54, 1.807) is 13.8 Å². The van der Waals surface area contributed by atoms with E-state index in [0.29, 0.717) is 6.42 Å². The van der Waals surface area contributed by atoms with Crippen LogP contribution in [0.3, 0.4) is 0 Å². The zero-order valence-electron chi connectivity index (χ0n) is 11.3. The molecule has 0 heterocycles.